The average molecular weight is 495 g/mol. The van der Waals surface area contributed by atoms with E-state index >= 15 is 0 Å². The summed E-state index contributed by atoms with van der Waals surface area (Å²) in [6, 6.07) is 22.5. The second-order valence-corrected chi connectivity index (χ2v) is 10.7. The number of nitrogens with zero attached hydrogens (tertiary/aromatic N) is 1. The predicted molar refractivity (Wildman–Crippen MR) is 142 cm³/mol. The summed E-state index contributed by atoms with van der Waals surface area (Å²) in [4.78, 5) is 12.5. The number of amides is 1. The first-order valence-electron chi connectivity index (χ1n) is 11.8. The molecule has 0 aliphatic rings. The van der Waals surface area contributed by atoms with E-state index in [0.717, 1.165) is 23.3 Å². The molecule has 0 bridgehead atoms. The van der Waals surface area contributed by atoms with Crippen molar-refractivity contribution >= 4 is 21.6 Å². The standard InChI is InChI=1S/C28H34N2O4S/c1-5-22-12-16-25(17-13-22)34-19-18-29-28(31)24-14-10-23(11-15-24)20-30(35(4,32)33)27-9-7-6-8-26(27)21(2)3/h6-17,21H,5,18-20H2,1-4H3,(H,29,31). The highest BCUT2D eigenvalue weighted by molar-refractivity contribution is 7.92. The van der Waals surface area contributed by atoms with Gasteiger partial charge in [-0.15, -0.1) is 0 Å². The smallest absolute Gasteiger partial charge is 0.251 e. The van der Waals surface area contributed by atoms with Gasteiger partial charge in [-0.3, -0.25) is 9.10 Å². The highest BCUT2D eigenvalue weighted by atomic mass is 32.2. The molecule has 1 N–H and O–H groups in total. The lowest BCUT2D eigenvalue weighted by Crippen LogP contribution is -2.30. The van der Waals surface area contributed by atoms with E-state index in [1.165, 1.54) is 16.1 Å². The summed E-state index contributed by atoms with van der Waals surface area (Å²) in [6.07, 6.45) is 2.19. The second-order valence-electron chi connectivity index (χ2n) is 8.78. The van der Waals surface area contributed by atoms with Crippen LogP contribution >= 0.6 is 0 Å². The number of nitrogens with one attached hydrogen (secondary N) is 1. The maximum atomic E-state index is 12.6. The fourth-order valence-electron chi connectivity index (χ4n) is 3.77. The number of rotatable bonds is 11. The molecule has 3 aromatic carbocycles. The van der Waals surface area contributed by atoms with Crippen molar-refractivity contribution in [1.29, 1.82) is 0 Å². The number of para-hydroxylation sites is 1. The average Bonchev–Trinajstić information content (AvgIpc) is 2.85. The minimum absolute atomic E-state index is 0.182. The van der Waals surface area contributed by atoms with Gasteiger partial charge in [0.15, 0.2) is 0 Å². The third-order valence-corrected chi connectivity index (χ3v) is 6.88. The van der Waals surface area contributed by atoms with Crippen molar-refractivity contribution in [1.82, 2.24) is 5.32 Å². The van der Waals surface area contributed by atoms with E-state index in [4.69, 9.17) is 4.74 Å². The molecule has 0 radical (unpaired) electrons. The van der Waals surface area contributed by atoms with Crippen LogP contribution in [0.25, 0.3) is 0 Å². The first kappa shape index (κ1) is 26.3. The number of carbonyl (C=O) groups is 1. The maximum absolute atomic E-state index is 12.6. The number of carbonyl (C=O) groups excluding carboxylic acids is 1. The van der Waals surface area contributed by atoms with Gasteiger partial charge in [0.1, 0.15) is 12.4 Å². The molecule has 3 aromatic rings. The van der Waals surface area contributed by atoms with Crippen molar-refractivity contribution in [3.8, 4) is 5.75 Å². The molecule has 186 valence electrons. The van der Waals surface area contributed by atoms with Crippen LogP contribution in [0.2, 0.25) is 0 Å². The van der Waals surface area contributed by atoms with Crippen LogP contribution in [0.1, 0.15) is 53.7 Å². The van der Waals surface area contributed by atoms with Crippen molar-refractivity contribution < 1.29 is 17.9 Å². The molecular formula is C28H34N2O4S. The summed E-state index contributed by atoms with van der Waals surface area (Å²) in [5.74, 6) is 0.753. The van der Waals surface area contributed by atoms with Gasteiger partial charge in [0, 0.05) is 5.56 Å². The number of hydrogen-bond donors (Lipinski definition) is 1. The summed E-state index contributed by atoms with van der Waals surface area (Å²) in [5.41, 5.74) is 4.20. The Morgan fingerprint density at radius 1 is 0.943 bits per heavy atom. The molecular weight excluding hydrogens is 460 g/mol. The van der Waals surface area contributed by atoms with Gasteiger partial charge in [-0.2, -0.15) is 0 Å². The van der Waals surface area contributed by atoms with E-state index in [1.54, 1.807) is 24.3 Å². The normalized spacial score (nSPS) is 11.3. The predicted octanol–water partition coefficient (Wildman–Crippen LogP) is 5.15. The van der Waals surface area contributed by atoms with Crippen LogP contribution in [0.3, 0.4) is 0 Å². The lowest BCUT2D eigenvalue weighted by Gasteiger charge is -2.26. The quantitative estimate of drug-likeness (QED) is 0.374. The zero-order chi connectivity index (χ0) is 25.4. The summed E-state index contributed by atoms with van der Waals surface area (Å²) in [5, 5.41) is 2.85. The van der Waals surface area contributed by atoms with Crippen LogP contribution in [-0.4, -0.2) is 33.7 Å². The molecule has 0 spiro atoms. The molecule has 35 heavy (non-hydrogen) atoms. The van der Waals surface area contributed by atoms with Gasteiger partial charge in [-0.05, 0) is 59.4 Å². The molecule has 0 aliphatic carbocycles. The molecule has 1 amide bonds. The molecule has 0 heterocycles. The molecule has 0 fully saturated rings. The van der Waals surface area contributed by atoms with Crippen LogP contribution < -0.4 is 14.4 Å². The van der Waals surface area contributed by atoms with Gasteiger partial charge in [0.2, 0.25) is 10.0 Å². The summed E-state index contributed by atoms with van der Waals surface area (Å²) in [7, 11) is -3.50. The Morgan fingerprint density at radius 3 is 2.17 bits per heavy atom. The fourth-order valence-corrected chi connectivity index (χ4v) is 4.68. The molecule has 0 saturated carbocycles. The lowest BCUT2D eigenvalue weighted by molar-refractivity contribution is 0.0947. The largest absolute Gasteiger partial charge is 0.492 e. The van der Waals surface area contributed by atoms with Crippen LogP contribution in [0.5, 0.6) is 5.75 Å². The third-order valence-electron chi connectivity index (χ3n) is 5.76. The Bertz CT molecular complexity index is 1220. The summed E-state index contributed by atoms with van der Waals surface area (Å²) < 4.78 is 32.3. The SMILES string of the molecule is CCc1ccc(OCCNC(=O)c2ccc(CN(c3ccccc3C(C)C)S(C)(=O)=O)cc2)cc1. The van der Waals surface area contributed by atoms with Crippen molar-refractivity contribution in [2.45, 2.75) is 39.7 Å². The van der Waals surface area contributed by atoms with E-state index in [-0.39, 0.29) is 18.4 Å². The van der Waals surface area contributed by atoms with Gasteiger partial charge >= 0.3 is 0 Å². The van der Waals surface area contributed by atoms with E-state index in [9.17, 15) is 13.2 Å². The lowest BCUT2D eigenvalue weighted by atomic mass is 10.0. The van der Waals surface area contributed by atoms with E-state index in [0.29, 0.717) is 24.4 Å². The van der Waals surface area contributed by atoms with Gasteiger partial charge in [0.25, 0.3) is 5.91 Å². The van der Waals surface area contributed by atoms with Crippen molar-refractivity contribution in [2.24, 2.45) is 0 Å². The Labute approximate surface area is 209 Å². The van der Waals surface area contributed by atoms with Gasteiger partial charge in [-0.1, -0.05) is 63.2 Å². The monoisotopic (exact) mass is 494 g/mol. The zero-order valence-electron chi connectivity index (χ0n) is 20.8. The number of ether oxygens (including phenoxy) is 1. The number of sulfonamides is 1. The number of benzene rings is 3. The zero-order valence-corrected chi connectivity index (χ0v) is 21.6. The van der Waals surface area contributed by atoms with Gasteiger partial charge in [-0.25, -0.2) is 8.42 Å². The topological polar surface area (TPSA) is 75.7 Å². The first-order chi connectivity index (χ1) is 16.7. The summed E-state index contributed by atoms with van der Waals surface area (Å²) in [6.45, 7) is 7.12. The first-order valence-corrected chi connectivity index (χ1v) is 13.7. The van der Waals surface area contributed by atoms with E-state index in [2.05, 4.69) is 12.2 Å². The highest BCUT2D eigenvalue weighted by Gasteiger charge is 2.21. The summed E-state index contributed by atoms with van der Waals surface area (Å²) >= 11 is 0. The maximum Gasteiger partial charge on any atom is 0.251 e. The van der Waals surface area contributed by atoms with E-state index < -0.39 is 10.0 Å². The molecule has 0 aliphatic heterocycles. The number of aryl methyl sites for hydroxylation is 1. The van der Waals surface area contributed by atoms with Crippen molar-refractivity contribution in [3.05, 3.63) is 95.1 Å². The molecule has 3 rings (SSSR count). The van der Waals surface area contributed by atoms with Gasteiger partial charge in [0.05, 0.1) is 25.0 Å². The van der Waals surface area contributed by atoms with Crippen molar-refractivity contribution in [3.63, 3.8) is 0 Å². The fraction of sp³-hybridized carbons (Fsp3) is 0.321. The molecule has 0 atom stereocenters. The molecule has 7 heteroatoms. The molecule has 0 aromatic heterocycles. The number of anilines is 1. The van der Waals surface area contributed by atoms with Crippen LogP contribution in [0.4, 0.5) is 5.69 Å². The van der Waals surface area contributed by atoms with Crippen molar-refractivity contribution in [2.75, 3.05) is 23.7 Å². The highest BCUT2D eigenvalue weighted by Crippen LogP contribution is 2.30. The van der Waals surface area contributed by atoms with Crippen LogP contribution in [-0.2, 0) is 23.0 Å². The molecule has 0 unspecified atom stereocenters. The number of hydrogen-bond acceptors (Lipinski definition) is 4. The van der Waals surface area contributed by atoms with Gasteiger partial charge < -0.3 is 10.1 Å². The Kier molecular flexibility index (Phi) is 8.93. The third kappa shape index (κ3) is 7.33. The minimum Gasteiger partial charge on any atom is -0.492 e. The van der Waals surface area contributed by atoms with E-state index in [1.807, 2.05) is 62.4 Å². The second kappa shape index (κ2) is 11.9. The van der Waals surface area contributed by atoms with Crippen LogP contribution in [0, 0.1) is 0 Å². The Balaban J connectivity index is 1.60. The minimum atomic E-state index is -3.50. The van der Waals surface area contributed by atoms with Crippen LogP contribution in [0.15, 0.2) is 72.8 Å². The Hall–Kier alpha value is -3.32. The Morgan fingerprint density at radius 2 is 1.57 bits per heavy atom. The molecule has 6 nitrogen and oxygen atoms in total. The molecule has 0 saturated heterocycles.